The average Bonchev–Trinajstić information content (AvgIpc) is 2.19. The number of nitrogens with two attached hydrogens (primary N) is 1. The molecular weight excluding hydrogens is 292 g/mol. The summed E-state index contributed by atoms with van der Waals surface area (Å²) in [6, 6.07) is 3.05. The maximum atomic E-state index is 10.8. The Bertz CT molecular complexity index is 462. The molecule has 0 saturated carbocycles. The minimum absolute atomic E-state index is 0.0205. The summed E-state index contributed by atoms with van der Waals surface area (Å²) in [6.45, 7) is 1.72. The number of rotatable bonds is 5. The number of nitrogens with zero attached hydrogens (tertiary/aromatic N) is 1. The van der Waals surface area contributed by atoms with Gasteiger partial charge in [0.1, 0.15) is 0 Å². The predicted octanol–water partition coefficient (Wildman–Crippen LogP) is 1.92. The molecule has 1 aromatic carbocycles. The SMILES string of the molecule is Cc1cc(Br)cc([N+](=O)[O-])c1OCCC(N)=O. The zero-order valence-corrected chi connectivity index (χ0v) is 10.7. The Labute approximate surface area is 106 Å². The van der Waals surface area contributed by atoms with E-state index in [-0.39, 0.29) is 24.5 Å². The van der Waals surface area contributed by atoms with Crippen molar-refractivity contribution >= 4 is 27.5 Å². The van der Waals surface area contributed by atoms with Crippen molar-refractivity contribution in [2.75, 3.05) is 6.61 Å². The molecule has 0 saturated heterocycles. The fourth-order valence-corrected chi connectivity index (χ4v) is 1.85. The van der Waals surface area contributed by atoms with Crippen molar-refractivity contribution in [3.8, 4) is 5.75 Å². The van der Waals surface area contributed by atoms with E-state index < -0.39 is 10.8 Å². The van der Waals surface area contributed by atoms with Gasteiger partial charge in [0.2, 0.25) is 5.91 Å². The van der Waals surface area contributed by atoms with Crippen molar-refractivity contribution in [2.45, 2.75) is 13.3 Å². The van der Waals surface area contributed by atoms with Crippen molar-refractivity contribution in [3.05, 3.63) is 32.3 Å². The second-order valence-corrected chi connectivity index (χ2v) is 4.31. The normalized spacial score (nSPS) is 10.0. The third-order valence-corrected chi connectivity index (χ3v) is 2.47. The molecule has 0 heterocycles. The zero-order valence-electron chi connectivity index (χ0n) is 9.10. The van der Waals surface area contributed by atoms with Crippen molar-refractivity contribution in [1.29, 1.82) is 0 Å². The van der Waals surface area contributed by atoms with E-state index in [4.69, 9.17) is 10.5 Å². The van der Waals surface area contributed by atoms with Crippen LogP contribution in [-0.4, -0.2) is 17.4 Å². The van der Waals surface area contributed by atoms with Gasteiger partial charge in [-0.2, -0.15) is 0 Å². The molecule has 0 radical (unpaired) electrons. The number of hydrogen-bond acceptors (Lipinski definition) is 4. The first kappa shape index (κ1) is 13.4. The second-order valence-electron chi connectivity index (χ2n) is 3.39. The highest BCUT2D eigenvalue weighted by Crippen LogP contribution is 2.34. The van der Waals surface area contributed by atoms with Crippen LogP contribution in [0.3, 0.4) is 0 Å². The molecule has 92 valence electrons. The second kappa shape index (κ2) is 5.62. The summed E-state index contributed by atoms with van der Waals surface area (Å²) in [5.74, 6) is -0.345. The van der Waals surface area contributed by atoms with Crippen molar-refractivity contribution in [3.63, 3.8) is 0 Å². The van der Waals surface area contributed by atoms with Crippen LogP contribution in [0.1, 0.15) is 12.0 Å². The molecule has 7 heteroatoms. The molecule has 0 unspecified atom stereocenters. The van der Waals surface area contributed by atoms with E-state index in [2.05, 4.69) is 15.9 Å². The van der Waals surface area contributed by atoms with E-state index in [0.717, 1.165) is 0 Å². The number of carbonyl (C=O) groups is 1. The van der Waals surface area contributed by atoms with Crippen LogP contribution in [0.25, 0.3) is 0 Å². The van der Waals surface area contributed by atoms with Gasteiger partial charge in [-0.05, 0) is 18.6 Å². The Balaban J connectivity index is 2.96. The largest absolute Gasteiger partial charge is 0.486 e. The van der Waals surface area contributed by atoms with E-state index in [0.29, 0.717) is 10.0 Å². The molecule has 0 aliphatic carbocycles. The van der Waals surface area contributed by atoms with Gasteiger partial charge < -0.3 is 10.5 Å². The molecule has 6 nitrogen and oxygen atoms in total. The first-order valence-electron chi connectivity index (χ1n) is 4.77. The van der Waals surface area contributed by atoms with E-state index in [1.807, 2.05) is 0 Å². The van der Waals surface area contributed by atoms with Crippen molar-refractivity contribution in [1.82, 2.24) is 0 Å². The third kappa shape index (κ3) is 3.70. The van der Waals surface area contributed by atoms with Crippen molar-refractivity contribution in [2.24, 2.45) is 5.73 Å². The number of amides is 1. The standard InChI is InChI=1S/C10H11BrN2O4/c1-6-4-7(11)5-8(13(15)16)10(6)17-3-2-9(12)14/h4-5H,2-3H2,1H3,(H2,12,14). The Morgan fingerprint density at radius 3 is 2.76 bits per heavy atom. The lowest BCUT2D eigenvalue weighted by molar-refractivity contribution is -0.386. The number of nitro benzene ring substituents is 1. The number of benzene rings is 1. The van der Waals surface area contributed by atoms with Gasteiger partial charge in [-0.1, -0.05) is 15.9 Å². The first-order chi connectivity index (χ1) is 7.91. The third-order valence-electron chi connectivity index (χ3n) is 2.01. The maximum absolute atomic E-state index is 10.8. The van der Waals surface area contributed by atoms with Gasteiger partial charge in [-0.15, -0.1) is 0 Å². The molecule has 1 aromatic rings. The average molecular weight is 303 g/mol. The van der Waals surface area contributed by atoms with Crippen LogP contribution in [0, 0.1) is 17.0 Å². The van der Waals surface area contributed by atoms with Crippen LogP contribution in [0.15, 0.2) is 16.6 Å². The highest BCUT2D eigenvalue weighted by atomic mass is 79.9. The molecule has 0 atom stereocenters. The summed E-state index contributed by atoms with van der Waals surface area (Å²) in [7, 11) is 0. The molecule has 2 N–H and O–H groups in total. The highest BCUT2D eigenvalue weighted by Gasteiger charge is 2.18. The number of nitro groups is 1. The monoisotopic (exact) mass is 302 g/mol. The fourth-order valence-electron chi connectivity index (χ4n) is 1.29. The van der Waals surface area contributed by atoms with Crippen LogP contribution in [-0.2, 0) is 4.79 Å². The maximum Gasteiger partial charge on any atom is 0.312 e. The summed E-state index contributed by atoms with van der Waals surface area (Å²) in [5, 5.41) is 10.8. The van der Waals surface area contributed by atoms with E-state index >= 15 is 0 Å². The summed E-state index contributed by atoms with van der Waals surface area (Å²) in [6.07, 6.45) is 0.0205. The minimum Gasteiger partial charge on any atom is -0.486 e. The Morgan fingerprint density at radius 1 is 1.59 bits per heavy atom. The lowest BCUT2D eigenvalue weighted by atomic mass is 10.2. The van der Waals surface area contributed by atoms with Crippen LogP contribution >= 0.6 is 15.9 Å². The first-order valence-corrected chi connectivity index (χ1v) is 5.56. The summed E-state index contributed by atoms with van der Waals surface area (Å²) < 4.78 is 5.83. The highest BCUT2D eigenvalue weighted by molar-refractivity contribution is 9.10. The van der Waals surface area contributed by atoms with Crippen molar-refractivity contribution < 1.29 is 14.5 Å². The molecule has 1 amide bonds. The number of hydrogen-bond donors (Lipinski definition) is 1. The molecule has 0 aliphatic heterocycles. The van der Waals surface area contributed by atoms with Gasteiger partial charge in [-0.25, -0.2) is 0 Å². The van der Waals surface area contributed by atoms with Crippen LogP contribution in [0.5, 0.6) is 5.75 Å². The number of primary amides is 1. The number of aryl methyl sites for hydroxylation is 1. The Kier molecular flexibility index (Phi) is 4.45. The predicted molar refractivity (Wildman–Crippen MR) is 64.8 cm³/mol. The Morgan fingerprint density at radius 2 is 2.24 bits per heavy atom. The van der Waals surface area contributed by atoms with E-state index in [9.17, 15) is 14.9 Å². The smallest absolute Gasteiger partial charge is 0.312 e. The summed E-state index contributed by atoms with van der Waals surface area (Å²) >= 11 is 3.17. The topological polar surface area (TPSA) is 95.5 Å². The number of halogens is 1. The lowest BCUT2D eigenvalue weighted by Gasteiger charge is -2.09. The minimum atomic E-state index is -0.530. The molecule has 0 fully saturated rings. The number of ether oxygens (including phenoxy) is 1. The molecular formula is C10H11BrN2O4. The van der Waals surface area contributed by atoms with Gasteiger partial charge in [0.05, 0.1) is 18.0 Å². The molecule has 0 bridgehead atoms. The van der Waals surface area contributed by atoms with Gasteiger partial charge in [-0.3, -0.25) is 14.9 Å². The molecule has 0 aromatic heterocycles. The van der Waals surface area contributed by atoms with Gasteiger partial charge >= 0.3 is 5.69 Å². The lowest BCUT2D eigenvalue weighted by Crippen LogP contribution is -2.15. The van der Waals surface area contributed by atoms with Gasteiger partial charge in [0.15, 0.2) is 5.75 Å². The van der Waals surface area contributed by atoms with Crippen LogP contribution < -0.4 is 10.5 Å². The Hall–Kier alpha value is -1.63. The fraction of sp³-hybridized carbons (Fsp3) is 0.300. The summed E-state index contributed by atoms with van der Waals surface area (Å²) in [5.41, 5.74) is 5.44. The number of carbonyl (C=O) groups excluding carboxylic acids is 1. The van der Waals surface area contributed by atoms with Crippen LogP contribution in [0.2, 0.25) is 0 Å². The molecule has 17 heavy (non-hydrogen) atoms. The zero-order chi connectivity index (χ0) is 13.0. The van der Waals surface area contributed by atoms with E-state index in [1.54, 1.807) is 13.0 Å². The van der Waals surface area contributed by atoms with Gasteiger partial charge in [0.25, 0.3) is 0 Å². The quantitative estimate of drug-likeness (QED) is 0.664. The molecule has 0 spiro atoms. The van der Waals surface area contributed by atoms with E-state index in [1.165, 1.54) is 6.07 Å². The molecule has 0 aliphatic rings. The van der Waals surface area contributed by atoms with Crippen LogP contribution in [0.4, 0.5) is 5.69 Å². The molecule has 1 rings (SSSR count). The van der Waals surface area contributed by atoms with Gasteiger partial charge in [0, 0.05) is 10.5 Å². The summed E-state index contributed by atoms with van der Waals surface area (Å²) in [4.78, 5) is 20.9.